The van der Waals surface area contributed by atoms with Gasteiger partial charge in [-0.15, -0.1) is 0 Å². The highest BCUT2D eigenvalue weighted by atomic mass is 16.5. The van der Waals surface area contributed by atoms with Crippen molar-refractivity contribution >= 4 is 0 Å². The highest BCUT2D eigenvalue weighted by molar-refractivity contribution is 4.84. The van der Waals surface area contributed by atoms with Crippen LogP contribution in [0.5, 0.6) is 0 Å². The van der Waals surface area contributed by atoms with Crippen LogP contribution in [-0.4, -0.2) is 38.9 Å². The molecule has 0 aromatic carbocycles. The van der Waals surface area contributed by atoms with Gasteiger partial charge in [-0.1, -0.05) is 6.92 Å². The Balaban J connectivity index is 1.69. The minimum absolute atomic E-state index is 0.511. The molecule has 3 heteroatoms. The Labute approximate surface area is 99.3 Å². The van der Waals surface area contributed by atoms with Gasteiger partial charge < -0.3 is 15.4 Å². The molecule has 0 bridgehead atoms. The molecule has 0 amide bonds. The lowest BCUT2D eigenvalue weighted by atomic mass is 9.78. The van der Waals surface area contributed by atoms with E-state index >= 15 is 0 Å². The first-order chi connectivity index (χ1) is 7.85. The van der Waals surface area contributed by atoms with Crippen LogP contribution in [0.2, 0.25) is 0 Å². The Morgan fingerprint density at radius 3 is 2.81 bits per heavy atom. The van der Waals surface area contributed by atoms with E-state index in [4.69, 9.17) is 4.74 Å². The van der Waals surface area contributed by atoms with E-state index in [2.05, 4.69) is 17.6 Å². The van der Waals surface area contributed by atoms with Crippen molar-refractivity contribution in [3.63, 3.8) is 0 Å². The lowest BCUT2D eigenvalue weighted by Gasteiger charge is -2.37. The van der Waals surface area contributed by atoms with Gasteiger partial charge in [-0.3, -0.25) is 0 Å². The number of nitrogens with one attached hydrogen (secondary N) is 2. The second-order valence-electron chi connectivity index (χ2n) is 5.39. The van der Waals surface area contributed by atoms with Crippen LogP contribution in [0.15, 0.2) is 0 Å². The molecule has 0 saturated carbocycles. The van der Waals surface area contributed by atoms with Crippen molar-refractivity contribution in [3.8, 4) is 0 Å². The van der Waals surface area contributed by atoms with E-state index in [1.165, 1.54) is 45.2 Å². The van der Waals surface area contributed by atoms with Crippen molar-refractivity contribution in [2.24, 2.45) is 5.41 Å². The molecule has 0 spiro atoms. The highest BCUT2D eigenvalue weighted by Gasteiger charge is 2.30. The first-order valence-corrected chi connectivity index (χ1v) is 6.86. The lowest BCUT2D eigenvalue weighted by molar-refractivity contribution is 0.0127. The summed E-state index contributed by atoms with van der Waals surface area (Å²) in [5, 5.41) is 7.21. The van der Waals surface area contributed by atoms with E-state index in [1.807, 2.05) is 0 Å². The van der Waals surface area contributed by atoms with Gasteiger partial charge in [0, 0.05) is 32.3 Å². The van der Waals surface area contributed by atoms with Gasteiger partial charge in [-0.25, -0.2) is 0 Å². The van der Waals surface area contributed by atoms with Gasteiger partial charge >= 0.3 is 0 Å². The van der Waals surface area contributed by atoms with Gasteiger partial charge in [-0.2, -0.15) is 0 Å². The second kappa shape index (κ2) is 5.99. The van der Waals surface area contributed by atoms with Crippen LogP contribution in [0.25, 0.3) is 0 Å². The smallest absolute Gasteiger partial charge is 0.0471 e. The molecular weight excluding hydrogens is 200 g/mol. The quantitative estimate of drug-likeness (QED) is 0.746. The minimum atomic E-state index is 0.511. The van der Waals surface area contributed by atoms with Crippen molar-refractivity contribution in [1.82, 2.24) is 10.6 Å². The van der Waals surface area contributed by atoms with Crippen LogP contribution in [-0.2, 0) is 4.74 Å². The molecule has 2 rings (SSSR count). The molecule has 1 unspecified atom stereocenters. The summed E-state index contributed by atoms with van der Waals surface area (Å²) >= 11 is 0. The number of hydrogen-bond acceptors (Lipinski definition) is 3. The Morgan fingerprint density at radius 2 is 2.19 bits per heavy atom. The SMILES string of the molecule is CCC1(CNCC2CCCN2)CCOCC1. The molecule has 2 heterocycles. The number of rotatable bonds is 5. The van der Waals surface area contributed by atoms with Crippen LogP contribution in [0.4, 0.5) is 0 Å². The summed E-state index contributed by atoms with van der Waals surface area (Å²) in [5.74, 6) is 0. The Kier molecular flexibility index (Phi) is 4.62. The van der Waals surface area contributed by atoms with E-state index in [9.17, 15) is 0 Å². The van der Waals surface area contributed by atoms with E-state index in [0.717, 1.165) is 19.8 Å². The molecule has 0 radical (unpaired) electrons. The molecule has 2 fully saturated rings. The monoisotopic (exact) mass is 226 g/mol. The predicted octanol–water partition coefficient (Wildman–Crippen LogP) is 1.53. The van der Waals surface area contributed by atoms with Crippen LogP contribution in [0.1, 0.15) is 39.0 Å². The van der Waals surface area contributed by atoms with E-state index < -0.39 is 0 Å². The summed E-state index contributed by atoms with van der Waals surface area (Å²) in [6.45, 7) is 7.75. The average molecular weight is 226 g/mol. The van der Waals surface area contributed by atoms with Crippen LogP contribution >= 0.6 is 0 Å². The van der Waals surface area contributed by atoms with Crippen molar-refractivity contribution in [3.05, 3.63) is 0 Å². The zero-order valence-corrected chi connectivity index (χ0v) is 10.6. The summed E-state index contributed by atoms with van der Waals surface area (Å²) in [6.07, 6.45) is 6.43. The van der Waals surface area contributed by atoms with Gasteiger partial charge in [-0.05, 0) is 44.1 Å². The van der Waals surface area contributed by atoms with Gasteiger partial charge in [0.2, 0.25) is 0 Å². The normalized spacial score (nSPS) is 29.4. The van der Waals surface area contributed by atoms with Gasteiger partial charge in [0.25, 0.3) is 0 Å². The van der Waals surface area contributed by atoms with Crippen LogP contribution < -0.4 is 10.6 Å². The predicted molar refractivity (Wildman–Crippen MR) is 66.7 cm³/mol. The maximum absolute atomic E-state index is 5.47. The Bertz CT molecular complexity index is 196. The fourth-order valence-electron chi connectivity index (χ4n) is 2.90. The molecule has 2 aliphatic rings. The highest BCUT2D eigenvalue weighted by Crippen LogP contribution is 2.33. The molecule has 0 aliphatic carbocycles. The fourth-order valence-corrected chi connectivity index (χ4v) is 2.90. The molecular formula is C13H26N2O. The molecule has 2 N–H and O–H groups in total. The van der Waals surface area contributed by atoms with E-state index in [0.29, 0.717) is 11.5 Å². The summed E-state index contributed by atoms with van der Waals surface area (Å²) in [7, 11) is 0. The van der Waals surface area contributed by atoms with Gasteiger partial charge in [0.15, 0.2) is 0 Å². The summed E-state index contributed by atoms with van der Waals surface area (Å²) in [5.41, 5.74) is 0.511. The molecule has 94 valence electrons. The molecule has 3 nitrogen and oxygen atoms in total. The molecule has 0 aromatic rings. The zero-order chi connectivity index (χ0) is 11.3. The maximum atomic E-state index is 5.47. The van der Waals surface area contributed by atoms with E-state index in [1.54, 1.807) is 0 Å². The number of ether oxygens (including phenoxy) is 1. The molecule has 2 saturated heterocycles. The third-order valence-corrected chi connectivity index (χ3v) is 4.36. The van der Waals surface area contributed by atoms with Crippen molar-refractivity contribution in [2.45, 2.75) is 45.1 Å². The first-order valence-electron chi connectivity index (χ1n) is 6.86. The third kappa shape index (κ3) is 3.19. The van der Waals surface area contributed by atoms with Gasteiger partial charge in [0.1, 0.15) is 0 Å². The second-order valence-corrected chi connectivity index (χ2v) is 5.39. The largest absolute Gasteiger partial charge is 0.381 e. The van der Waals surface area contributed by atoms with Crippen LogP contribution in [0, 0.1) is 5.41 Å². The van der Waals surface area contributed by atoms with Crippen molar-refractivity contribution in [1.29, 1.82) is 0 Å². The maximum Gasteiger partial charge on any atom is 0.0471 e. The lowest BCUT2D eigenvalue weighted by Crippen LogP contribution is -2.42. The zero-order valence-electron chi connectivity index (χ0n) is 10.6. The van der Waals surface area contributed by atoms with Crippen molar-refractivity contribution in [2.75, 3.05) is 32.8 Å². The summed E-state index contributed by atoms with van der Waals surface area (Å²) in [4.78, 5) is 0. The molecule has 0 aromatic heterocycles. The fraction of sp³-hybridized carbons (Fsp3) is 1.00. The summed E-state index contributed by atoms with van der Waals surface area (Å²) < 4.78 is 5.47. The average Bonchev–Trinajstić information content (AvgIpc) is 2.83. The standard InChI is InChI=1S/C13H26N2O/c1-2-13(5-8-16-9-6-13)11-14-10-12-4-3-7-15-12/h12,14-15H,2-11H2,1H3. The molecule has 16 heavy (non-hydrogen) atoms. The topological polar surface area (TPSA) is 33.3 Å². The van der Waals surface area contributed by atoms with Gasteiger partial charge in [0.05, 0.1) is 0 Å². The Hall–Kier alpha value is -0.120. The number of hydrogen-bond donors (Lipinski definition) is 2. The van der Waals surface area contributed by atoms with Crippen molar-refractivity contribution < 1.29 is 4.74 Å². The van der Waals surface area contributed by atoms with E-state index in [-0.39, 0.29) is 0 Å². The minimum Gasteiger partial charge on any atom is -0.381 e. The molecule has 2 aliphatic heterocycles. The van der Waals surface area contributed by atoms with Crippen LogP contribution in [0.3, 0.4) is 0 Å². The third-order valence-electron chi connectivity index (χ3n) is 4.36. The Morgan fingerprint density at radius 1 is 1.38 bits per heavy atom. The molecule has 1 atom stereocenters. The summed E-state index contributed by atoms with van der Waals surface area (Å²) in [6, 6.07) is 0.716. The first kappa shape index (κ1) is 12.3.